The summed E-state index contributed by atoms with van der Waals surface area (Å²) < 4.78 is 40.3. The average Bonchev–Trinajstić information content (AvgIpc) is 2.65. The van der Waals surface area contributed by atoms with E-state index >= 15 is 0 Å². The van der Waals surface area contributed by atoms with Crippen LogP contribution in [0.1, 0.15) is 38.5 Å². The second-order valence-electron chi connectivity index (χ2n) is 5.20. The molecule has 0 spiro atoms. The number of sulfonamides is 1. The summed E-state index contributed by atoms with van der Waals surface area (Å²) in [5, 5.41) is 8.68. The summed E-state index contributed by atoms with van der Waals surface area (Å²) >= 11 is 0. The van der Waals surface area contributed by atoms with Crippen molar-refractivity contribution in [3.63, 3.8) is 0 Å². The number of nitrogens with zero attached hydrogens (tertiary/aromatic N) is 1. The second-order valence-corrected chi connectivity index (χ2v) is 6.80. The Morgan fingerprint density at radius 2 is 1.90 bits per heavy atom. The van der Waals surface area contributed by atoms with E-state index < -0.39 is 32.4 Å². The van der Waals surface area contributed by atoms with Crippen LogP contribution in [0.4, 0.5) is 4.39 Å². The first kappa shape index (κ1) is 15.8. The summed E-state index contributed by atoms with van der Waals surface area (Å²) in [4.78, 5) is 15.1. The summed E-state index contributed by atoms with van der Waals surface area (Å²) in [6.07, 6.45) is 4.46. The van der Waals surface area contributed by atoms with Gasteiger partial charge in [-0.25, -0.2) is 17.8 Å². The number of aromatic nitrogens is 1. The largest absolute Gasteiger partial charge is 0.480 e. The average molecular weight is 316 g/mol. The minimum Gasteiger partial charge on any atom is -0.480 e. The molecular formula is C13H17FN2O4S. The molecule has 1 aliphatic carbocycles. The third-order valence-electron chi connectivity index (χ3n) is 3.68. The second kappa shape index (κ2) is 6.07. The fraction of sp³-hybridized carbons (Fsp3) is 0.538. The van der Waals surface area contributed by atoms with Crippen molar-refractivity contribution < 1.29 is 22.7 Å². The van der Waals surface area contributed by atoms with Crippen molar-refractivity contribution in [2.45, 2.75) is 49.1 Å². The molecule has 0 bridgehead atoms. The fourth-order valence-electron chi connectivity index (χ4n) is 2.57. The molecule has 0 amide bonds. The number of carboxylic acid groups (broad SMARTS) is 1. The highest BCUT2D eigenvalue weighted by Gasteiger charge is 2.43. The third kappa shape index (κ3) is 3.38. The van der Waals surface area contributed by atoms with E-state index in [9.17, 15) is 22.7 Å². The van der Waals surface area contributed by atoms with Gasteiger partial charge in [0.1, 0.15) is 5.54 Å². The Kier molecular flexibility index (Phi) is 4.58. The van der Waals surface area contributed by atoms with Crippen molar-refractivity contribution in [2.75, 3.05) is 0 Å². The molecule has 1 heterocycles. The van der Waals surface area contributed by atoms with Gasteiger partial charge in [0.25, 0.3) is 10.0 Å². The predicted molar refractivity (Wildman–Crippen MR) is 72.6 cm³/mol. The van der Waals surface area contributed by atoms with Crippen molar-refractivity contribution in [1.82, 2.24) is 9.71 Å². The van der Waals surface area contributed by atoms with Crippen molar-refractivity contribution in [3.05, 3.63) is 24.1 Å². The number of rotatable bonds is 4. The van der Waals surface area contributed by atoms with Crippen LogP contribution in [-0.2, 0) is 14.8 Å². The van der Waals surface area contributed by atoms with Crippen LogP contribution in [0.25, 0.3) is 0 Å². The number of hydrogen-bond donors (Lipinski definition) is 2. The predicted octanol–water partition coefficient (Wildman–Crippen LogP) is 1.68. The number of aliphatic carboxylic acids is 1. The van der Waals surface area contributed by atoms with Gasteiger partial charge in [-0.2, -0.15) is 4.72 Å². The van der Waals surface area contributed by atoms with Crippen LogP contribution in [0.5, 0.6) is 0 Å². The maximum Gasteiger partial charge on any atom is 0.324 e. The van der Waals surface area contributed by atoms with Crippen LogP contribution in [0.3, 0.4) is 0 Å². The number of carboxylic acids is 1. The van der Waals surface area contributed by atoms with Crippen LogP contribution in [0.15, 0.2) is 23.4 Å². The molecule has 21 heavy (non-hydrogen) atoms. The molecule has 0 radical (unpaired) electrons. The van der Waals surface area contributed by atoms with Gasteiger partial charge in [-0.1, -0.05) is 25.7 Å². The molecule has 0 unspecified atom stereocenters. The lowest BCUT2D eigenvalue weighted by atomic mass is 9.92. The molecule has 0 atom stereocenters. The summed E-state index contributed by atoms with van der Waals surface area (Å²) in [5.41, 5.74) is -1.58. The Labute approximate surface area is 122 Å². The maximum absolute atomic E-state index is 13.6. The lowest BCUT2D eigenvalue weighted by Crippen LogP contribution is -2.54. The summed E-state index contributed by atoms with van der Waals surface area (Å²) in [5.74, 6) is -2.23. The Balaban J connectivity index is 2.36. The van der Waals surface area contributed by atoms with Gasteiger partial charge in [0.2, 0.25) is 5.03 Å². The molecule has 6 nitrogen and oxygen atoms in total. The number of pyridine rings is 1. The lowest BCUT2D eigenvalue weighted by molar-refractivity contribution is -0.144. The van der Waals surface area contributed by atoms with E-state index in [1.807, 2.05) is 0 Å². The van der Waals surface area contributed by atoms with E-state index in [1.54, 1.807) is 0 Å². The van der Waals surface area contributed by atoms with E-state index in [0.29, 0.717) is 12.8 Å². The zero-order chi connectivity index (χ0) is 15.5. The highest BCUT2D eigenvalue weighted by Crippen LogP contribution is 2.29. The molecule has 2 N–H and O–H groups in total. The van der Waals surface area contributed by atoms with Crippen LogP contribution in [0, 0.1) is 5.82 Å². The van der Waals surface area contributed by atoms with Gasteiger partial charge < -0.3 is 5.11 Å². The SMILES string of the molecule is O=C(O)C1(NS(=O)(=O)c2ncccc2F)CCCCCC1. The zero-order valence-corrected chi connectivity index (χ0v) is 12.2. The number of carbonyl (C=O) groups is 1. The lowest BCUT2D eigenvalue weighted by Gasteiger charge is -2.28. The Morgan fingerprint density at radius 3 is 2.43 bits per heavy atom. The van der Waals surface area contributed by atoms with Crippen molar-refractivity contribution in [1.29, 1.82) is 0 Å². The highest BCUT2D eigenvalue weighted by atomic mass is 32.2. The number of halogens is 1. The topological polar surface area (TPSA) is 96.4 Å². The zero-order valence-electron chi connectivity index (χ0n) is 11.4. The van der Waals surface area contributed by atoms with Crippen LogP contribution >= 0.6 is 0 Å². The number of nitrogens with one attached hydrogen (secondary N) is 1. The van der Waals surface area contributed by atoms with Gasteiger partial charge in [0.15, 0.2) is 5.82 Å². The van der Waals surface area contributed by atoms with Crippen LogP contribution in [-0.4, -0.2) is 30.0 Å². The minimum absolute atomic E-state index is 0.190. The number of hydrogen-bond acceptors (Lipinski definition) is 4. The van der Waals surface area contributed by atoms with Crippen LogP contribution in [0.2, 0.25) is 0 Å². The van der Waals surface area contributed by atoms with Gasteiger partial charge in [0.05, 0.1) is 0 Å². The van der Waals surface area contributed by atoms with Gasteiger partial charge in [0, 0.05) is 6.20 Å². The van der Waals surface area contributed by atoms with Gasteiger partial charge in [-0.3, -0.25) is 4.79 Å². The first-order valence-electron chi connectivity index (χ1n) is 6.75. The smallest absolute Gasteiger partial charge is 0.324 e. The van der Waals surface area contributed by atoms with Crippen molar-refractivity contribution >= 4 is 16.0 Å². The Morgan fingerprint density at radius 1 is 1.29 bits per heavy atom. The van der Waals surface area contributed by atoms with E-state index in [0.717, 1.165) is 25.1 Å². The third-order valence-corrected chi connectivity index (χ3v) is 5.14. The molecular weight excluding hydrogens is 299 g/mol. The molecule has 1 aromatic rings. The summed E-state index contributed by atoms with van der Waals surface area (Å²) in [7, 11) is -4.33. The molecule has 0 aliphatic heterocycles. The fourth-order valence-corrected chi connectivity index (χ4v) is 3.99. The molecule has 8 heteroatoms. The van der Waals surface area contributed by atoms with Crippen LogP contribution < -0.4 is 4.72 Å². The highest BCUT2D eigenvalue weighted by molar-refractivity contribution is 7.89. The Bertz CT molecular complexity index is 625. The van der Waals surface area contributed by atoms with Gasteiger partial charge in [-0.15, -0.1) is 0 Å². The summed E-state index contributed by atoms with van der Waals surface area (Å²) in [6.45, 7) is 0. The van der Waals surface area contributed by atoms with Gasteiger partial charge in [-0.05, 0) is 25.0 Å². The quantitative estimate of drug-likeness (QED) is 0.824. The van der Waals surface area contributed by atoms with Crippen molar-refractivity contribution in [3.8, 4) is 0 Å². The monoisotopic (exact) mass is 316 g/mol. The minimum atomic E-state index is -4.33. The molecule has 0 aromatic carbocycles. The first-order chi connectivity index (χ1) is 9.87. The molecule has 1 aliphatic rings. The van der Waals surface area contributed by atoms with E-state index in [1.165, 1.54) is 6.07 Å². The first-order valence-corrected chi connectivity index (χ1v) is 8.24. The molecule has 2 rings (SSSR count). The summed E-state index contributed by atoms with van der Waals surface area (Å²) in [6, 6.07) is 2.25. The van der Waals surface area contributed by atoms with Gasteiger partial charge >= 0.3 is 5.97 Å². The maximum atomic E-state index is 13.6. The normalized spacial score (nSPS) is 18.9. The van der Waals surface area contributed by atoms with E-state index in [2.05, 4.69) is 9.71 Å². The van der Waals surface area contributed by atoms with Crippen molar-refractivity contribution in [2.24, 2.45) is 0 Å². The standard InChI is InChI=1S/C13H17FN2O4S/c14-10-6-5-9-15-11(10)21(19,20)16-13(12(17)18)7-3-1-2-4-8-13/h5-6,9,16H,1-4,7-8H2,(H,17,18). The molecule has 1 fully saturated rings. The van der Waals surface area contributed by atoms with E-state index in [-0.39, 0.29) is 12.8 Å². The molecule has 1 aromatic heterocycles. The Hall–Kier alpha value is -1.54. The molecule has 1 saturated carbocycles. The molecule has 116 valence electrons. The van der Waals surface area contributed by atoms with E-state index in [4.69, 9.17) is 0 Å². The molecule has 0 saturated heterocycles.